The average Bonchev–Trinajstić information content (AvgIpc) is 3.10. The first-order valence-electron chi connectivity index (χ1n) is 8.82. The molecule has 0 radical (unpaired) electrons. The number of ether oxygens (including phenoxy) is 1. The Morgan fingerprint density at radius 3 is 2.74 bits per heavy atom. The van der Waals surface area contributed by atoms with Crippen molar-refractivity contribution < 1.29 is 4.74 Å². The molecule has 0 aliphatic rings. The summed E-state index contributed by atoms with van der Waals surface area (Å²) in [7, 11) is 0. The SMILES string of the molecule is CCCCOc1ccc(Cl)c(-c2nnc3c(C)nc4ccc(Cl)cc4n23)c1. The topological polar surface area (TPSA) is 52.3 Å². The third-order valence-electron chi connectivity index (χ3n) is 4.40. The highest BCUT2D eigenvalue weighted by Crippen LogP contribution is 2.33. The Morgan fingerprint density at radius 2 is 1.93 bits per heavy atom. The summed E-state index contributed by atoms with van der Waals surface area (Å²) in [6.45, 7) is 4.71. The lowest BCUT2D eigenvalue weighted by molar-refractivity contribution is 0.309. The van der Waals surface area contributed by atoms with Gasteiger partial charge in [0.15, 0.2) is 11.5 Å². The van der Waals surface area contributed by atoms with Crippen molar-refractivity contribution in [3.8, 4) is 17.1 Å². The van der Waals surface area contributed by atoms with Gasteiger partial charge in [0.2, 0.25) is 0 Å². The lowest BCUT2D eigenvalue weighted by atomic mass is 10.2. The summed E-state index contributed by atoms with van der Waals surface area (Å²) in [5.74, 6) is 1.39. The van der Waals surface area contributed by atoms with E-state index in [0.717, 1.165) is 40.9 Å². The highest BCUT2D eigenvalue weighted by Gasteiger charge is 2.17. The van der Waals surface area contributed by atoms with Gasteiger partial charge in [-0.05, 0) is 49.7 Å². The summed E-state index contributed by atoms with van der Waals surface area (Å²) in [6, 6.07) is 11.2. The van der Waals surface area contributed by atoms with Gasteiger partial charge >= 0.3 is 0 Å². The van der Waals surface area contributed by atoms with E-state index in [9.17, 15) is 0 Å². The van der Waals surface area contributed by atoms with Crippen molar-refractivity contribution in [3.05, 3.63) is 52.1 Å². The lowest BCUT2D eigenvalue weighted by Crippen LogP contribution is -1.99. The molecule has 138 valence electrons. The Bertz CT molecular complexity index is 1140. The summed E-state index contributed by atoms with van der Waals surface area (Å²) in [6.07, 6.45) is 2.08. The number of aryl methyl sites for hydroxylation is 1. The van der Waals surface area contributed by atoms with E-state index in [4.69, 9.17) is 27.9 Å². The Hall–Kier alpha value is -2.37. The van der Waals surface area contributed by atoms with Crippen molar-refractivity contribution >= 4 is 39.9 Å². The zero-order chi connectivity index (χ0) is 19.0. The number of rotatable bonds is 5. The Kier molecular flexibility index (Phi) is 4.89. The molecular weight excluding hydrogens is 383 g/mol. The molecule has 0 spiro atoms. The van der Waals surface area contributed by atoms with E-state index in [2.05, 4.69) is 22.1 Å². The second-order valence-electron chi connectivity index (χ2n) is 6.36. The fourth-order valence-corrected chi connectivity index (χ4v) is 3.39. The first-order chi connectivity index (χ1) is 13.1. The van der Waals surface area contributed by atoms with Crippen molar-refractivity contribution in [2.75, 3.05) is 6.61 Å². The molecule has 7 heteroatoms. The van der Waals surface area contributed by atoms with Crippen LogP contribution in [0.5, 0.6) is 5.75 Å². The van der Waals surface area contributed by atoms with E-state index in [0.29, 0.717) is 28.1 Å². The number of benzene rings is 2. The molecule has 0 saturated carbocycles. The maximum Gasteiger partial charge on any atom is 0.183 e. The average molecular weight is 401 g/mol. The second kappa shape index (κ2) is 7.33. The van der Waals surface area contributed by atoms with Gasteiger partial charge in [-0.1, -0.05) is 36.5 Å². The van der Waals surface area contributed by atoms with Crippen LogP contribution in [0.2, 0.25) is 10.0 Å². The third kappa shape index (κ3) is 3.33. The van der Waals surface area contributed by atoms with E-state index in [1.807, 2.05) is 47.7 Å². The largest absolute Gasteiger partial charge is 0.494 e. The van der Waals surface area contributed by atoms with E-state index in [1.165, 1.54) is 0 Å². The monoisotopic (exact) mass is 400 g/mol. The zero-order valence-corrected chi connectivity index (χ0v) is 16.6. The fraction of sp³-hybridized carbons (Fsp3) is 0.250. The molecule has 0 fully saturated rings. The third-order valence-corrected chi connectivity index (χ3v) is 4.96. The van der Waals surface area contributed by atoms with Gasteiger partial charge in [0, 0.05) is 10.6 Å². The summed E-state index contributed by atoms with van der Waals surface area (Å²) >= 11 is 12.7. The summed E-state index contributed by atoms with van der Waals surface area (Å²) in [5.41, 5.74) is 3.86. The molecule has 0 N–H and O–H groups in total. The maximum absolute atomic E-state index is 6.49. The van der Waals surface area contributed by atoms with Gasteiger partial charge in [0.05, 0.1) is 28.4 Å². The van der Waals surface area contributed by atoms with Crippen LogP contribution in [0.25, 0.3) is 28.1 Å². The van der Waals surface area contributed by atoms with Crippen molar-refractivity contribution in [1.29, 1.82) is 0 Å². The van der Waals surface area contributed by atoms with Gasteiger partial charge in [0.1, 0.15) is 5.75 Å². The van der Waals surface area contributed by atoms with Crippen LogP contribution in [0.3, 0.4) is 0 Å². The minimum absolute atomic E-state index is 0.580. The van der Waals surface area contributed by atoms with E-state index >= 15 is 0 Å². The Balaban J connectivity index is 1.93. The number of hydrogen-bond donors (Lipinski definition) is 0. The molecule has 0 aliphatic heterocycles. The first-order valence-corrected chi connectivity index (χ1v) is 9.58. The van der Waals surface area contributed by atoms with Gasteiger partial charge in [-0.15, -0.1) is 10.2 Å². The normalized spacial score (nSPS) is 11.4. The van der Waals surface area contributed by atoms with Gasteiger partial charge in [-0.25, -0.2) is 4.98 Å². The number of fused-ring (bicyclic) bond motifs is 3. The number of aromatic nitrogens is 4. The molecule has 2 heterocycles. The number of unbranched alkanes of at least 4 members (excludes halogenated alkanes) is 1. The van der Waals surface area contributed by atoms with Crippen LogP contribution in [-0.4, -0.2) is 26.2 Å². The van der Waals surface area contributed by atoms with Crippen LogP contribution in [-0.2, 0) is 0 Å². The number of nitrogens with zero attached hydrogens (tertiary/aromatic N) is 4. The molecule has 0 saturated heterocycles. The van der Waals surface area contributed by atoms with Crippen LogP contribution >= 0.6 is 23.2 Å². The van der Waals surface area contributed by atoms with Gasteiger partial charge in [-0.2, -0.15) is 0 Å². The van der Waals surface area contributed by atoms with Crippen LogP contribution in [0.1, 0.15) is 25.5 Å². The smallest absolute Gasteiger partial charge is 0.183 e. The van der Waals surface area contributed by atoms with Gasteiger partial charge < -0.3 is 4.74 Å². The Labute approximate surface area is 166 Å². The molecule has 4 rings (SSSR count). The molecule has 4 aromatic rings. The van der Waals surface area contributed by atoms with Crippen molar-refractivity contribution in [3.63, 3.8) is 0 Å². The summed E-state index contributed by atoms with van der Waals surface area (Å²) < 4.78 is 7.78. The quantitative estimate of drug-likeness (QED) is 0.400. The van der Waals surface area contributed by atoms with Crippen LogP contribution in [0.15, 0.2) is 36.4 Å². The molecule has 2 aromatic heterocycles. The van der Waals surface area contributed by atoms with Crippen LogP contribution < -0.4 is 4.74 Å². The van der Waals surface area contributed by atoms with Crippen molar-refractivity contribution in [2.45, 2.75) is 26.7 Å². The molecule has 0 bridgehead atoms. The van der Waals surface area contributed by atoms with E-state index < -0.39 is 0 Å². The lowest BCUT2D eigenvalue weighted by Gasteiger charge is -2.10. The van der Waals surface area contributed by atoms with Gasteiger partial charge in [-0.3, -0.25) is 4.40 Å². The maximum atomic E-state index is 6.49. The highest BCUT2D eigenvalue weighted by atomic mass is 35.5. The highest BCUT2D eigenvalue weighted by molar-refractivity contribution is 6.33. The summed E-state index contributed by atoms with van der Waals surface area (Å²) in [5, 5.41) is 9.93. The van der Waals surface area contributed by atoms with E-state index in [1.54, 1.807) is 0 Å². The van der Waals surface area contributed by atoms with Gasteiger partial charge in [0.25, 0.3) is 0 Å². The minimum Gasteiger partial charge on any atom is -0.494 e. The molecule has 0 atom stereocenters. The number of hydrogen-bond acceptors (Lipinski definition) is 4. The standard InChI is InChI=1S/C20H18Cl2N4O/c1-3-4-9-27-14-6-7-16(22)15(11-14)20-25-24-19-12(2)23-17-8-5-13(21)10-18(17)26(19)20/h5-8,10-11H,3-4,9H2,1-2H3. The fourth-order valence-electron chi connectivity index (χ4n) is 3.02. The molecule has 5 nitrogen and oxygen atoms in total. The van der Waals surface area contributed by atoms with Crippen molar-refractivity contribution in [1.82, 2.24) is 19.6 Å². The van der Waals surface area contributed by atoms with Crippen LogP contribution in [0, 0.1) is 6.92 Å². The number of halogens is 2. The second-order valence-corrected chi connectivity index (χ2v) is 7.20. The molecular formula is C20H18Cl2N4O. The van der Waals surface area contributed by atoms with E-state index in [-0.39, 0.29) is 0 Å². The molecule has 27 heavy (non-hydrogen) atoms. The molecule has 0 unspecified atom stereocenters. The zero-order valence-electron chi connectivity index (χ0n) is 15.0. The molecule has 0 aliphatic carbocycles. The Morgan fingerprint density at radius 1 is 1.07 bits per heavy atom. The first kappa shape index (κ1) is 18.0. The molecule has 0 amide bonds. The minimum atomic E-state index is 0.580. The molecule has 2 aromatic carbocycles. The summed E-state index contributed by atoms with van der Waals surface area (Å²) in [4.78, 5) is 4.60. The van der Waals surface area contributed by atoms with Crippen LogP contribution in [0.4, 0.5) is 0 Å². The predicted molar refractivity (Wildman–Crippen MR) is 109 cm³/mol. The predicted octanol–water partition coefficient (Wildman–Crippen LogP) is 5.74. The van der Waals surface area contributed by atoms with Crippen molar-refractivity contribution in [2.24, 2.45) is 0 Å².